The molecule has 1 aliphatic heterocycles. The molecule has 1 aliphatic carbocycles. The number of carbonyl (C=O) groups excluding carboxylic acids is 1. The summed E-state index contributed by atoms with van der Waals surface area (Å²) in [5.74, 6) is 0.0343. The third-order valence-electron chi connectivity index (χ3n) is 4.73. The number of likely N-dealkylation sites (tertiary alicyclic amines) is 1. The van der Waals surface area contributed by atoms with Crippen LogP contribution >= 0.6 is 0 Å². The lowest BCUT2D eigenvalue weighted by Gasteiger charge is -2.40. The molecule has 3 rings (SSSR count). The molecule has 0 radical (unpaired) electrons. The van der Waals surface area contributed by atoms with E-state index in [2.05, 4.69) is 10.2 Å². The highest BCUT2D eigenvalue weighted by molar-refractivity contribution is 5.92. The van der Waals surface area contributed by atoms with Gasteiger partial charge in [-0.05, 0) is 38.2 Å². The summed E-state index contributed by atoms with van der Waals surface area (Å²) in [5.41, 5.74) is -0.0399. The molecule has 2 fully saturated rings. The molecule has 2 aliphatic rings. The Morgan fingerprint density at radius 3 is 2.76 bits per heavy atom. The Labute approximate surface area is 123 Å². The van der Waals surface area contributed by atoms with E-state index >= 15 is 0 Å². The van der Waals surface area contributed by atoms with Gasteiger partial charge in [0.1, 0.15) is 5.69 Å². The molecule has 0 bridgehead atoms. The lowest BCUT2D eigenvalue weighted by molar-refractivity contribution is 0.0283. The van der Waals surface area contributed by atoms with Crippen molar-refractivity contribution in [2.75, 3.05) is 6.54 Å². The van der Waals surface area contributed by atoms with Gasteiger partial charge in [0.15, 0.2) is 0 Å². The van der Waals surface area contributed by atoms with Gasteiger partial charge in [-0.1, -0.05) is 6.42 Å². The fourth-order valence-electron chi connectivity index (χ4n) is 3.68. The molecule has 1 aromatic rings. The molecule has 0 aromatic carbocycles. The monoisotopic (exact) mass is 291 g/mol. The molecule has 21 heavy (non-hydrogen) atoms. The number of aliphatic hydroxyl groups is 1. The van der Waals surface area contributed by atoms with Crippen molar-refractivity contribution < 1.29 is 9.90 Å². The molecule has 0 spiro atoms. The first-order chi connectivity index (χ1) is 10.2. The Bertz CT molecular complexity index is 551. The average molecular weight is 291 g/mol. The topological polar surface area (TPSA) is 86.3 Å². The van der Waals surface area contributed by atoms with Gasteiger partial charge >= 0.3 is 0 Å². The minimum Gasteiger partial charge on any atom is -0.393 e. The summed E-state index contributed by atoms with van der Waals surface area (Å²) in [6, 6.07) is 2.89. The highest BCUT2D eigenvalue weighted by Crippen LogP contribution is 2.35. The molecule has 114 valence electrons. The maximum atomic E-state index is 12.6. The van der Waals surface area contributed by atoms with Crippen molar-refractivity contribution in [3.8, 4) is 0 Å². The second-order valence-electron chi connectivity index (χ2n) is 6.03. The van der Waals surface area contributed by atoms with Crippen molar-refractivity contribution in [1.29, 1.82) is 0 Å². The Kier molecular flexibility index (Phi) is 4.05. The number of nitrogens with zero attached hydrogens (tertiary/aromatic N) is 2. The number of hydrogen-bond acceptors (Lipinski definition) is 4. The maximum absolute atomic E-state index is 12.6. The number of aromatic nitrogens is 2. The molecule has 6 nitrogen and oxygen atoms in total. The van der Waals surface area contributed by atoms with E-state index in [1.807, 2.05) is 4.90 Å². The van der Waals surface area contributed by atoms with E-state index in [4.69, 9.17) is 0 Å². The summed E-state index contributed by atoms with van der Waals surface area (Å²) in [6.07, 6.45) is 5.56. The summed E-state index contributed by atoms with van der Waals surface area (Å²) in [6.45, 7) is 0.702. The number of aromatic amines is 1. The molecule has 1 amide bonds. The van der Waals surface area contributed by atoms with Gasteiger partial charge in [0.2, 0.25) is 0 Å². The quantitative estimate of drug-likeness (QED) is 0.848. The summed E-state index contributed by atoms with van der Waals surface area (Å²) >= 11 is 0. The second-order valence-corrected chi connectivity index (χ2v) is 6.03. The van der Waals surface area contributed by atoms with Gasteiger partial charge in [0.05, 0.1) is 6.10 Å². The van der Waals surface area contributed by atoms with E-state index in [-0.39, 0.29) is 35.2 Å². The zero-order valence-corrected chi connectivity index (χ0v) is 12.0. The van der Waals surface area contributed by atoms with Crippen LogP contribution in [0.3, 0.4) is 0 Å². The van der Waals surface area contributed by atoms with Crippen molar-refractivity contribution in [1.82, 2.24) is 15.1 Å². The third kappa shape index (κ3) is 2.85. The minimum absolute atomic E-state index is 0.0949. The molecular formula is C15H21N3O3. The highest BCUT2D eigenvalue weighted by atomic mass is 16.3. The van der Waals surface area contributed by atoms with E-state index in [0.717, 1.165) is 38.5 Å². The number of amides is 1. The van der Waals surface area contributed by atoms with E-state index in [1.165, 1.54) is 12.1 Å². The van der Waals surface area contributed by atoms with Crippen LogP contribution in [-0.4, -0.2) is 44.8 Å². The van der Waals surface area contributed by atoms with Crippen LogP contribution in [0, 0.1) is 5.92 Å². The van der Waals surface area contributed by atoms with Crippen LogP contribution in [0.5, 0.6) is 0 Å². The lowest BCUT2D eigenvalue weighted by atomic mass is 9.87. The normalized spacial score (nSPS) is 29.6. The average Bonchev–Trinajstić information content (AvgIpc) is 2.93. The van der Waals surface area contributed by atoms with Crippen LogP contribution < -0.4 is 5.56 Å². The molecule has 1 aromatic heterocycles. The number of nitrogens with one attached hydrogen (secondary N) is 1. The number of carbonyl (C=O) groups is 1. The first kappa shape index (κ1) is 14.3. The van der Waals surface area contributed by atoms with Crippen molar-refractivity contribution in [2.24, 2.45) is 5.92 Å². The van der Waals surface area contributed by atoms with Crippen LogP contribution in [0.15, 0.2) is 16.9 Å². The van der Waals surface area contributed by atoms with Gasteiger partial charge in [-0.25, -0.2) is 5.10 Å². The van der Waals surface area contributed by atoms with Crippen LogP contribution in [-0.2, 0) is 0 Å². The highest BCUT2D eigenvalue weighted by Gasteiger charge is 2.39. The van der Waals surface area contributed by atoms with Crippen molar-refractivity contribution in [3.05, 3.63) is 28.2 Å². The molecule has 6 heteroatoms. The van der Waals surface area contributed by atoms with E-state index < -0.39 is 0 Å². The summed E-state index contributed by atoms with van der Waals surface area (Å²) < 4.78 is 0. The predicted octanol–water partition coefficient (Wildman–Crippen LogP) is 0.926. The second kappa shape index (κ2) is 5.97. The van der Waals surface area contributed by atoms with Gasteiger partial charge in [-0.2, -0.15) is 5.10 Å². The largest absolute Gasteiger partial charge is 0.393 e. The lowest BCUT2D eigenvalue weighted by Crippen LogP contribution is -2.49. The fourth-order valence-corrected chi connectivity index (χ4v) is 3.68. The van der Waals surface area contributed by atoms with E-state index in [0.29, 0.717) is 6.54 Å². The van der Waals surface area contributed by atoms with Gasteiger partial charge in [0, 0.05) is 24.6 Å². The maximum Gasteiger partial charge on any atom is 0.274 e. The number of hydrogen-bond donors (Lipinski definition) is 2. The van der Waals surface area contributed by atoms with Gasteiger partial charge < -0.3 is 10.0 Å². The number of rotatable bonds is 2. The van der Waals surface area contributed by atoms with Crippen molar-refractivity contribution in [3.63, 3.8) is 0 Å². The minimum atomic E-state index is -0.312. The van der Waals surface area contributed by atoms with Crippen LogP contribution in [0.25, 0.3) is 0 Å². The van der Waals surface area contributed by atoms with Crippen LogP contribution in [0.4, 0.5) is 0 Å². The van der Waals surface area contributed by atoms with Gasteiger partial charge in [-0.15, -0.1) is 0 Å². The molecule has 1 saturated carbocycles. The number of aliphatic hydroxyl groups excluding tert-OH is 1. The standard InChI is InChI=1S/C15H21N3O3/c19-13-6-3-4-10(13)12-5-1-2-9-18(12)15(21)11-7-8-14(20)17-16-11/h7-8,10,12-13,19H,1-6,9H2,(H,17,20). The first-order valence-corrected chi connectivity index (χ1v) is 7.71. The Morgan fingerprint density at radius 1 is 1.24 bits per heavy atom. The molecular weight excluding hydrogens is 270 g/mol. The third-order valence-corrected chi connectivity index (χ3v) is 4.73. The van der Waals surface area contributed by atoms with Crippen molar-refractivity contribution >= 4 is 5.91 Å². The van der Waals surface area contributed by atoms with Crippen LogP contribution in [0.2, 0.25) is 0 Å². The number of H-pyrrole nitrogens is 1. The Morgan fingerprint density at radius 2 is 2.10 bits per heavy atom. The molecule has 3 atom stereocenters. The zero-order chi connectivity index (χ0) is 14.8. The van der Waals surface area contributed by atoms with E-state index in [9.17, 15) is 14.7 Å². The summed E-state index contributed by atoms with van der Waals surface area (Å²) in [4.78, 5) is 25.6. The Balaban J connectivity index is 1.81. The molecule has 2 N–H and O–H groups in total. The van der Waals surface area contributed by atoms with Gasteiger partial charge in [-0.3, -0.25) is 9.59 Å². The number of piperidine rings is 1. The zero-order valence-electron chi connectivity index (χ0n) is 12.0. The molecule has 1 saturated heterocycles. The SMILES string of the molecule is O=C(c1ccc(=O)[nH]n1)N1CCCCC1C1CCCC1O. The van der Waals surface area contributed by atoms with Crippen molar-refractivity contribution in [2.45, 2.75) is 50.7 Å². The molecule has 2 heterocycles. The Hall–Kier alpha value is -1.69. The fraction of sp³-hybridized carbons (Fsp3) is 0.667. The first-order valence-electron chi connectivity index (χ1n) is 7.71. The summed E-state index contributed by atoms with van der Waals surface area (Å²) in [7, 11) is 0. The molecule has 3 unspecified atom stereocenters. The van der Waals surface area contributed by atoms with Gasteiger partial charge in [0.25, 0.3) is 11.5 Å². The van der Waals surface area contributed by atoms with E-state index in [1.54, 1.807) is 0 Å². The summed E-state index contributed by atoms with van der Waals surface area (Å²) in [5, 5.41) is 16.3. The predicted molar refractivity (Wildman–Crippen MR) is 76.9 cm³/mol. The van der Waals surface area contributed by atoms with Crippen LogP contribution in [0.1, 0.15) is 49.0 Å². The smallest absolute Gasteiger partial charge is 0.274 e.